The molecule has 35 heavy (non-hydrogen) atoms. The Morgan fingerprint density at radius 1 is 0.971 bits per heavy atom. The van der Waals surface area contributed by atoms with Crippen molar-refractivity contribution in [2.24, 2.45) is 4.40 Å². The van der Waals surface area contributed by atoms with E-state index in [9.17, 15) is 13.2 Å². The summed E-state index contributed by atoms with van der Waals surface area (Å²) in [5.41, 5.74) is 1.95. The van der Waals surface area contributed by atoms with Crippen molar-refractivity contribution < 1.29 is 27.4 Å². The van der Waals surface area contributed by atoms with Crippen molar-refractivity contribution in [3.8, 4) is 11.5 Å². The average Bonchev–Trinajstić information content (AvgIpc) is 3.14. The number of fused-ring (bicyclic) bond motifs is 1. The molecule has 0 saturated carbocycles. The van der Waals surface area contributed by atoms with Crippen LogP contribution in [0.15, 0.2) is 82.1 Å². The molecule has 0 spiro atoms. The van der Waals surface area contributed by atoms with Crippen LogP contribution in [0, 0.1) is 6.92 Å². The first-order valence-corrected chi connectivity index (χ1v) is 12.4. The third-order valence-corrected chi connectivity index (χ3v) is 6.83. The summed E-state index contributed by atoms with van der Waals surface area (Å²) in [4.78, 5) is 14.6. The Kier molecular flexibility index (Phi) is 7.07. The molecule has 0 radical (unpaired) electrons. The number of hydrogen-bond acceptors (Lipinski definition) is 7. The van der Waals surface area contributed by atoms with Gasteiger partial charge >= 0.3 is 5.97 Å². The number of hydrogen-bond donors (Lipinski definition) is 0. The molecule has 0 aromatic heterocycles. The topological polar surface area (TPSA) is 94.5 Å². The Morgan fingerprint density at radius 2 is 1.63 bits per heavy atom. The summed E-state index contributed by atoms with van der Waals surface area (Å²) in [6.07, 6.45) is -0.714. The molecule has 3 aromatic rings. The predicted molar refractivity (Wildman–Crippen MR) is 132 cm³/mol. The van der Waals surface area contributed by atoms with Crippen molar-refractivity contribution in [3.63, 3.8) is 0 Å². The fourth-order valence-corrected chi connectivity index (χ4v) is 4.90. The predicted octanol–water partition coefficient (Wildman–Crippen LogP) is 3.69. The Bertz CT molecular complexity index is 1340. The molecule has 0 aliphatic carbocycles. The van der Waals surface area contributed by atoms with E-state index < -0.39 is 22.1 Å². The summed E-state index contributed by atoms with van der Waals surface area (Å²) in [7, 11) is -0.488. The SMILES string of the molecule is COc1ccc(OC[C@@H](CN(C)C2=NS(=O)(=O)c3ccccc32)OC(=O)c2ccc(C)cc2)cc1. The smallest absolute Gasteiger partial charge is 0.338 e. The summed E-state index contributed by atoms with van der Waals surface area (Å²) >= 11 is 0. The fraction of sp³-hybridized carbons (Fsp3) is 0.231. The van der Waals surface area contributed by atoms with E-state index in [2.05, 4.69) is 4.40 Å². The van der Waals surface area contributed by atoms with Crippen molar-refractivity contribution in [2.45, 2.75) is 17.9 Å². The monoisotopic (exact) mass is 494 g/mol. The standard InChI is InChI=1S/C26H26N2O6S/c1-18-8-10-19(11-9-18)26(29)34-22(17-33-21-14-12-20(32-3)13-15-21)16-28(2)25-23-6-4-5-7-24(23)35(30,31)27-25/h4-15,22H,16-17H2,1-3H3/t22-/m1/s1. The number of nitrogens with zero attached hydrogens (tertiary/aromatic N) is 2. The molecule has 0 bridgehead atoms. The Balaban J connectivity index is 1.53. The summed E-state index contributed by atoms with van der Waals surface area (Å²) < 4.78 is 45.7. The van der Waals surface area contributed by atoms with E-state index >= 15 is 0 Å². The molecule has 0 amide bonds. The van der Waals surface area contributed by atoms with Crippen molar-refractivity contribution >= 4 is 21.8 Å². The van der Waals surface area contributed by atoms with E-state index in [-0.39, 0.29) is 18.0 Å². The molecule has 1 atom stereocenters. The third kappa shape index (κ3) is 5.63. The van der Waals surface area contributed by atoms with E-state index in [1.54, 1.807) is 73.7 Å². The zero-order valence-corrected chi connectivity index (χ0v) is 20.5. The van der Waals surface area contributed by atoms with Gasteiger partial charge in [0.1, 0.15) is 23.0 Å². The molecule has 4 rings (SSSR count). The van der Waals surface area contributed by atoms with Crippen molar-refractivity contribution in [1.82, 2.24) is 4.90 Å². The number of amidine groups is 1. The lowest BCUT2D eigenvalue weighted by molar-refractivity contribution is 0.0130. The third-order valence-electron chi connectivity index (χ3n) is 5.51. The molecule has 1 aliphatic heterocycles. The van der Waals surface area contributed by atoms with Gasteiger partial charge in [-0.1, -0.05) is 29.8 Å². The van der Waals surface area contributed by atoms with Crippen LogP contribution in [0.25, 0.3) is 0 Å². The molecule has 182 valence electrons. The lowest BCUT2D eigenvalue weighted by atomic mass is 10.1. The molecule has 8 nitrogen and oxygen atoms in total. The van der Waals surface area contributed by atoms with Crippen molar-refractivity contribution in [2.75, 3.05) is 27.3 Å². The van der Waals surface area contributed by atoms with Crippen LogP contribution in [0.3, 0.4) is 0 Å². The van der Waals surface area contributed by atoms with Crippen LogP contribution in [0.5, 0.6) is 11.5 Å². The van der Waals surface area contributed by atoms with Crippen LogP contribution < -0.4 is 9.47 Å². The maximum Gasteiger partial charge on any atom is 0.338 e. The number of ether oxygens (including phenoxy) is 3. The Hall–Kier alpha value is -3.85. The van der Waals surface area contributed by atoms with E-state index in [1.165, 1.54) is 6.07 Å². The largest absolute Gasteiger partial charge is 0.497 e. The number of benzene rings is 3. The Morgan fingerprint density at radius 3 is 2.31 bits per heavy atom. The second-order valence-corrected chi connectivity index (χ2v) is 9.72. The molecule has 3 aromatic carbocycles. The molecular formula is C26H26N2O6S. The maximum absolute atomic E-state index is 12.8. The highest BCUT2D eigenvalue weighted by atomic mass is 32.2. The van der Waals surface area contributed by atoms with Crippen molar-refractivity contribution in [1.29, 1.82) is 0 Å². The molecular weight excluding hydrogens is 468 g/mol. The van der Waals surface area contributed by atoms with Gasteiger partial charge in [-0.2, -0.15) is 8.42 Å². The van der Waals surface area contributed by atoms with Gasteiger partial charge in [0.2, 0.25) is 0 Å². The highest BCUT2D eigenvalue weighted by Gasteiger charge is 2.32. The second kappa shape index (κ2) is 10.2. The number of likely N-dealkylation sites (N-methyl/N-ethyl adjacent to an activating group) is 1. The summed E-state index contributed by atoms with van der Waals surface area (Å²) in [5.74, 6) is 1.07. The van der Waals surface area contributed by atoms with Crippen LogP contribution in [-0.4, -0.2) is 58.5 Å². The second-order valence-electron chi connectivity index (χ2n) is 8.15. The molecule has 0 saturated heterocycles. The average molecular weight is 495 g/mol. The van der Waals surface area contributed by atoms with Gasteiger partial charge in [-0.25, -0.2) is 4.79 Å². The first kappa shape index (κ1) is 24.3. The molecule has 1 aliphatic rings. The number of carbonyl (C=O) groups excluding carboxylic acids is 1. The number of rotatable bonds is 8. The summed E-state index contributed by atoms with van der Waals surface area (Å²) in [6, 6.07) is 20.8. The van der Waals surface area contributed by atoms with Gasteiger partial charge in [-0.05, 0) is 55.5 Å². The molecule has 0 N–H and O–H groups in total. The van der Waals surface area contributed by atoms with E-state index in [0.717, 1.165) is 5.56 Å². The highest BCUT2D eigenvalue weighted by Crippen LogP contribution is 2.27. The number of carbonyl (C=O) groups is 1. The number of esters is 1. The van der Waals surface area contributed by atoms with Crippen LogP contribution in [0.2, 0.25) is 0 Å². The van der Waals surface area contributed by atoms with E-state index in [1.807, 2.05) is 19.1 Å². The van der Waals surface area contributed by atoms with Gasteiger partial charge in [-0.15, -0.1) is 4.40 Å². The van der Waals surface area contributed by atoms with Gasteiger partial charge in [0.05, 0.1) is 19.2 Å². The first-order chi connectivity index (χ1) is 16.8. The zero-order chi connectivity index (χ0) is 25.0. The molecule has 1 heterocycles. The number of methoxy groups -OCH3 is 1. The quantitative estimate of drug-likeness (QED) is 0.441. The minimum Gasteiger partial charge on any atom is -0.497 e. The van der Waals surface area contributed by atoms with E-state index in [4.69, 9.17) is 14.2 Å². The van der Waals surface area contributed by atoms with Gasteiger partial charge < -0.3 is 19.1 Å². The summed E-state index contributed by atoms with van der Waals surface area (Å²) in [5, 5.41) is 0. The maximum atomic E-state index is 12.8. The Labute approximate surface area is 204 Å². The lowest BCUT2D eigenvalue weighted by Crippen LogP contribution is -2.39. The van der Waals surface area contributed by atoms with Crippen LogP contribution in [0.4, 0.5) is 0 Å². The van der Waals surface area contributed by atoms with Crippen molar-refractivity contribution in [3.05, 3.63) is 89.5 Å². The normalized spacial score (nSPS) is 14.4. The fourth-order valence-electron chi connectivity index (χ4n) is 3.65. The first-order valence-electron chi connectivity index (χ1n) is 11.0. The van der Waals surface area contributed by atoms with E-state index in [0.29, 0.717) is 28.5 Å². The van der Waals surface area contributed by atoms with Gasteiger partial charge in [0, 0.05) is 12.6 Å². The zero-order valence-electron chi connectivity index (χ0n) is 19.7. The summed E-state index contributed by atoms with van der Waals surface area (Å²) in [6.45, 7) is 2.15. The van der Waals surface area contributed by atoms with Crippen LogP contribution in [0.1, 0.15) is 21.5 Å². The minimum absolute atomic E-state index is 0.0515. The van der Waals surface area contributed by atoms with Gasteiger partial charge in [0.15, 0.2) is 11.9 Å². The molecule has 0 fully saturated rings. The molecule has 0 unspecified atom stereocenters. The molecule has 9 heteroatoms. The lowest BCUT2D eigenvalue weighted by Gasteiger charge is -2.26. The van der Waals surface area contributed by atoms with Gasteiger partial charge in [-0.3, -0.25) is 0 Å². The number of sulfonamides is 1. The minimum atomic E-state index is -3.77. The van der Waals surface area contributed by atoms with Crippen LogP contribution in [-0.2, 0) is 14.8 Å². The highest BCUT2D eigenvalue weighted by molar-refractivity contribution is 7.90. The van der Waals surface area contributed by atoms with Gasteiger partial charge in [0.25, 0.3) is 10.0 Å². The number of aryl methyl sites for hydroxylation is 1. The van der Waals surface area contributed by atoms with Crippen LogP contribution >= 0.6 is 0 Å².